The van der Waals surface area contributed by atoms with E-state index in [2.05, 4.69) is 10.4 Å². The van der Waals surface area contributed by atoms with Crippen molar-refractivity contribution in [2.75, 3.05) is 11.9 Å². The van der Waals surface area contributed by atoms with Crippen molar-refractivity contribution in [3.63, 3.8) is 0 Å². The molecule has 0 aliphatic carbocycles. The Morgan fingerprint density at radius 1 is 1.44 bits per heavy atom. The minimum Gasteiger partial charge on any atom is -0.478 e. The molecule has 0 radical (unpaired) electrons. The summed E-state index contributed by atoms with van der Waals surface area (Å²) in [4.78, 5) is 10.8. The number of benzene rings is 1. The first-order valence-electron chi connectivity index (χ1n) is 5.71. The van der Waals surface area contributed by atoms with Crippen molar-refractivity contribution in [2.24, 2.45) is 7.05 Å². The highest BCUT2D eigenvalue weighted by Gasteiger charge is 2.03. The topological polar surface area (TPSA) is 67.2 Å². The molecule has 0 aliphatic heterocycles. The first kappa shape index (κ1) is 12.2. The zero-order valence-electron chi connectivity index (χ0n) is 10.1. The Morgan fingerprint density at radius 3 is 2.94 bits per heavy atom. The third-order valence-corrected chi connectivity index (χ3v) is 2.74. The second-order valence-corrected chi connectivity index (χ2v) is 4.01. The van der Waals surface area contributed by atoms with E-state index in [4.69, 9.17) is 5.11 Å². The monoisotopic (exact) mass is 245 g/mol. The fourth-order valence-corrected chi connectivity index (χ4v) is 1.74. The molecule has 2 aromatic rings. The van der Waals surface area contributed by atoms with Gasteiger partial charge >= 0.3 is 5.97 Å². The molecule has 0 atom stereocenters. The summed E-state index contributed by atoms with van der Waals surface area (Å²) in [5.41, 5.74) is 2.24. The number of carboxylic acid groups (broad SMARTS) is 1. The molecule has 1 aromatic heterocycles. The molecule has 0 amide bonds. The molecular weight excluding hydrogens is 230 g/mol. The van der Waals surface area contributed by atoms with Gasteiger partial charge < -0.3 is 10.4 Å². The van der Waals surface area contributed by atoms with Crippen LogP contribution in [0.1, 0.15) is 16.1 Å². The van der Waals surface area contributed by atoms with Crippen molar-refractivity contribution in [3.05, 3.63) is 47.8 Å². The maximum Gasteiger partial charge on any atom is 0.335 e. The third kappa shape index (κ3) is 2.88. The number of carbonyl (C=O) groups is 1. The maximum absolute atomic E-state index is 10.8. The van der Waals surface area contributed by atoms with Crippen LogP contribution in [0, 0.1) is 0 Å². The van der Waals surface area contributed by atoms with Crippen LogP contribution in [0.5, 0.6) is 0 Å². The second kappa shape index (κ2) is 5.35. The lowest BCUT2D eigenvalue weighted by atomic mass is 10.2. The van der Waals surface area contributed by atoms with Gasteiger partial charge in [-0.3, -0.25) is 4.68 Å². The summed E-state index contributed by atoms with van der Waals surface area (Å²) in [6, 6.07) is 8.76. The van der Waals surface area contributed by atoms with Crippen LogP contribution in [0.15, 0.2) is 36.5 Å². The summed E-state index contributed by atoms with van der Waals surface area (Å²) in [7, 11) is 1.90. The molecule has 0 aliphatic rings. The van der Waals surface area contributed by atoms with Gasteiger partial charge in [-0.05, 0) is 24.3 Å². The number of aromatic nitrogens is 2. The molecule has 1 aromatic carbocycles. The van der Waals surface area contributed by atoms with E-state index < -0.39 is 5.97 Å². The van der Waals surface area contributed by atoms with Gasteiger partial charge in [0.2, 0.25) is 0 Å². The van der Waals surface area contributed by atoms with Crippen molar-refractivity contribution in [1.29, 1.82) is 0 Å². The lowest BCUT2D eigenvalue weighted by Gasteiger charge is -2.07. The van der Waals surface area contributed by atoms with Gasteiger partial charge in [-0.1, -0.05) is 6.07 Å². The number of rotatable bonds is 5. The van der Waals surface area contributed by atoms with Gasteiger partial charge in [0.1, 0.15) is 0 Å². The molecule has 18 heavy (non-hydrogen) atoms. The van der Waals surface area contributed by atoms with Gasteiger partial charge in [0, 0.05) is 37.6 Å². The van der Waals surface area contributed by atoms with Crippen molar-refractivity contribution in [1.82, 2.24) is 9.78 Å². The first-order chi connectivity index (χ1) is 8.66. The molecule has 5 nitrogen and oxygen atoms in total. The Bertz CT molecular complexity index is 549. The average Bonchev–Trinajstić information content (AvgIpc) is 2.76. The Labute approximate surface area is 105 Å². The van der Waals surface area contributed by atoms with Gasteiger partial charge in [0.15, 0.2) is 0 Å². The van der Waals surface area contributed by atoms with E-state index in [0.717, 1.165) is 24.3 Å². The quantitative estimate of drug-likeness (QED) is 0.842. The van der Waals surface area contributed by atoms with Crippen LogP contribution in [0.3, 0.4) is 0 Å². The minimum atomic E-state index is -0.912. The van der Waals surface area contributed by atoms with Crippen LogP contribution >= 0.6 is 0 Å². The first-order valence-corrected chi connectivity index (χ1v) is 5.71. The van der Waals surface area contributed by atoms with E-state index in [1.165, 1.54) is 0 Å². The molecule has 5 heteroatoms. The molecule has 0 unspecified atom stereocenters. The minimum absolute atomic E-state index is 0.292. The molecular formula is C13H15N3O2. The van der Waals surface area contributed by atoms with E-state index in [9.17, 15) is 4.79 Å². The zero-order valence-corrected chi connectivity index (χ0v) is 10.1. The van der Waals surface area contributed by atoms with Gasteiger partial charge in [-0.2, -0.15) is 5.10 Å². The van der Waals surface area contributed by atoms with E-state index in [0.29, 0.717) is 5.56 Å². The highest BCUT2D eigenvalue weighted by Crippen LogP contribution is 2.10. The summed E-state index contributed by atoms with van der Waals surface area (Å²) in [6.45, 7) is 0.739. The largest absolute Gasteiger partial charge is 0.478 e. The Kier molecular flexibility index (Phi) is 3.62. The van der Waals surface area contributed by atoms with Gasteiger partial charge in [-0.15, -0.1) is 0 Å². The molecule has 94 valence electrons. The fraction of sp³-hybridized carbons (Fsp3) is 0.231. The number of nitrogens with zero attached hydrogens (tertiary/aromatic N) is 2. The number of carboxylic acids is 1. The molecule has 0 spiro atoms. The highest BCUT2D eigenvalue weighted by molar-refractivity contribution is 5.88. The van der Waals surface area contributed by atoms with E-state index in [1.54, 1.807) is 24.4 Å². The summed E-state index contributed by atoms with van der Waals surface area (Å²) in [5.74, 6) is -0.912. The molecule has 0 saturated carbocycles. The predicted molar refractivity (Wildman–Crippen MR) is 68.8 cm³/mol. The number of aryl methyl sites for hydroxylation is 1. The summed E-state index contributed by atoms with van der Waals surface area (Å²) >= 11 is 0. The summed E-state index contributed by atoms with van der Waals surface area (Å²) < 4.78 is 1.83. The van der Waals surface area contributed by atoms with Crippen LogP contribution in [0.25, 0.3) is 0 Å². The third-order valence-electron chi connectivity index (χ3n) is 2.74. The van der Waals surface area contributed by atoms with Crippen LogP contribution < -0.4 is 5.32 Å². The fourth-order valence-electron chi connectivity index (χ4n) is 1.74. The Hall–Kier alpha value is -2.30. The highest BCUT2D eigenvalue weighted by atomic mass is 16.4. The van der Waals surface area contributed by atoms with Crippen molar-refractivity contribution >= 4 is 11.7 Å². The number of anilines is 1. The number of nitrogens with one attached hydrogen (secondary N) is 1. The van der Waals surface area contributed by atoms with Crippen molar-refractivity contribution < 1.29 is 9.90 Å². The Morgan fingerprint density at radius 2 is 2.28 bits per heavy atom. The standard InChI is InChI=1S/C13H15N3O2/c1-16-12(6-8-15-16)5-7-14-11-4-2-3-10(9-11)13(17)18/h2-4,6,8-9,14H,5,7H2,1H3,(H,17,18). The maximum atomic E-state index is 10.8. The van der Waals surface area contributed by atoms with Crippen LogP contribution in [-0.2, 0) is 13.5 Å². The molecule has 2 rings (SSSR count). The number of hydrogen-bond acceptors (Lipinski definition) is 3. The number of hydrogen-bond donors (Lipinski definition) is 2. The summed E-state index contributed by atoms with van der Waals surface area (Å²) in [5, 5.41) is 16.2. The molecule has 2 N–H and O–H groups in total. The predicted octanol–water partition coefficient (Wildman–Crippen LogP) is 1.77. The van der Waals surface area contributed by atoms with Crippen LogP contribution in [0.4, 0.5) is 5.69 Å². The van der Waals surface area contributed by atoms with E-state index in [1.807, 2.05) is 23.9 Å². The average molecular weight is 245 g/mol. The van der Waals surface area contributed by atoms with E-state index in [-0.39, 0.29) is 0 Å². The zero-order chi connectivity index (χ0) is 13.0. The van der Waals surface area contributed by atoms with Crippen molar-refractivity contribution in [3.8, 4) is 0 Å². The molecule has 0 saturated heterocycles. The molecule has 0 fully saturated rings. The van der Waals surface area contributed by atoms with Crippen LogP contribution in [-0.4, -0.2) is 27.4 Å². The van der Waals surface area contributed by atoms with Crippen molar-refractivity contribution in [2.45, 2.75) is 6.42 Å². The molecule has 0 bridgehead atoms. The molecule has 1 heterocycles. The SMILES string of the molecule is Cn1nccc1CCNc1cccc(C(=O)O)c1. The van der Waals surface area contributed by atoms with Crippen LogP contribution in [0.2, 0.25) is 0 Å². The van der Waals surface area contributed by atoms with Gasteiger partial charge in [0.25, 0.3) is 0 Å². The second-order valence-electron chi connectivity index (χ2n) is 4.01. The Balaban J connectivity index is 1.92. The lowest BCUT2D eigenvalue weighted by molar-refractivity contribution is 0.0697. The summed E-state index contributed by atoms with van der Waals surface area (Å²) in [6.07, 6.45) is 2.61. The normalized spacial score (nSPS) is 10.3. The lowest BCUT2D eigenvalue weighted by Crippen LogP contribution is -2.08. The smallest absolute Gasteiger partial charge is 0.335 e. The van der Waals surface area contributed by atoms with E-state index >= 15 is 0 Å². The number of aromatic carboxylic acids is 1. The van der Waals surface area contributed by atoms with Gasteiger partial charge in [-0.25, -0.2) is 4.79 Å². The van der Waals surface area contributed by atoms with Gasteiger partial charge in [0.05, 0.1) is 5.56 Å².